The molecule has 8 heteroatoms. The lowest BCUT2D eigenvalue weighted by Crippen LogP contribution is -2.16. The van der Waals surface area contributed by atoms with Crippen LogP contribution in [0.3, 0.4) is 0 Å². The first-order chi connectivity index (χ1) is 10.2. The molecule has 4 nitrogen and oxygen atoms in total. The maximum atomic E-state index is 13.6. The average molecular weight is 315 g/mol. The van der Waals surface area contributed by atoms with Gasteiger partial charge in [0.15, 0.2) is 0 Å². The van der Waals surface area contributed by atoms with Crippen molar-refractivity contribution in [3.05, 3.63) is 47.9 Å². The maximum Gasteiger partial charge on any atom is 0.573 e. The molecule has 22 heavy (non-hydrogen) atoms. The van der Waals surface area contributed by atoms with E-state index in [1.54, 1.807) is 0 Å². The molecule has 116 valence electrons. The molecular weight excluding hydrogens is 306 g/mol. The third-order valence-corrected chi connectivity index (χ3v) is 2.65. The molecule has 0 amide bonds. The number of alkyl halides is 3. The Morgan fingerprint density at radius 3 is 2.27 bits per heavy atom. The summed E-state index contributed by atoms with van der Waals surface area (Å²) in [6, 6.07) is 7.40. The van der Waals surface area contributed by atoms with E-state index in [0.717, 1.165) is 12.1 Å². The molecule has 0 saturated carbocycles. The zero-order chi connectivity index (χ0) is 16.3. The van der Waals surface area contributed by atoms with Crippen LogP contribution in [0.5, 0.6) is 5.75 Å². The number of carboxylic acid groups (broad SMARTS) is 1. The summed E-state index contributed by atoms with van der Waals surface area (Å²) < 4.78 is 53.5. The van der Waals surface area contributed by atoms with Crippen molar-refractivity contribution in [2.24, 2.45) is 0 Å². The Hall–Kier alpha value is -2.64. The van der Waals surface area contributed by atoms with Gasteiger partial charge < -0.3 is 9.84 Å². The zero-order valence-electron chi connectivity index (χ0n) is 10.9. The predicted molar refractivity (Wildman–Crippen MR) is 67.7 cm³/mol. The van der Waals surface area contributed by atoms with Crippen LogP contribution in [0, 0.1) is 5.95 Å². The third-order valence-electron chi connectivity index (χ3n) is 2.65. The van der Waals surface area contributed by atoms with Crippen LogP contribution < -0.4 is 4.74 Å². The Balaban J connectivity index is 2.21. The van der Waals surface area contributed by atoms with Crippen molar-refractivity contribution < 1.29 is 32.2 Å². The number of aliphatic carboxylic acids is 1. The van der Waals surface area contributed by atoms with E-state index >= 15 is 0 Å². The van der Waals surface area contributed by atoms with E-state index in [0.29, 0.717) is 5.56 Å². The van der Waals surface area contributed by atoms with Gasteiger partial charge in [0.2, 0.25) is 5.95 Å². The molecule has 0 radical (unpaired) electrons. The number of aromatic nitrogens is 1. The summed E-state index contributed by atoms with van der Waals surface area (Å²) in [7, 11) is 0. The van der Waals surface area contributed by atoms with E-state index in [2.05, 4.69) is 9.72 Å². The zero-order valence-corrected chi connectivity index (χ0v) is 10.9. The SMILES string of the molecule is O=C(O)Cc1ccc(-c2ccc(OC(F)(F)F)cc2)nc1F. The van der Waals surface area contributed by atoms with Crippen LogP contribution in [-0.2, 0) is 11.2 Å². The Labute approximate surface area is 122 Å². The van der Waals surface area contributed by atoms with Crippen molar-refractivity contribution in [1.29, 1.82) is 0 Å². The summed E-state index contributed by atoms with van der Waals surface area (Å²) in [5.74, 6) is -2.53. The quantitative estimate of drug-likeness (QED) is 0.694. The molecule has 0 fully saturated rings. The van der Waals surface area contributed by atoms with Gasteiger partial charge in [-0.2, -0.15) is 4.39 Å². The number of hydrogen-bond acceptors (Lipinski definition) is 3. The molecule has 0 unspecified atom stereocenters. The van der Waals surface area contributed by atoms with Crippen LogP contribution in [0.1, 0.15) is 5.56 Å². The Morgan fingerprint density at radius 1 is 1.14 bits per heavy atom. The fourth-order valence-corrected chi connectivity index (χ4v) is 1.75. The second-order valence-corrected chi connectivity index (χ2v) is 4.29. The summed E-state index contributed by atoms with van der Waals surface area (Å²) in [5.41, 5.74) is 0.466. The lowest BCUT2D eigenvalue weighted by Gasteiger charge is -2.09. The van der Waals surface area contributed by atoms with Gasteiger partial charge in [-0.15, -0.1) is 13.2 Å². The second kappa shape index (κ2) is 6.00. The topological polar surface area (TPSA) is 59.4 Å². The normalized spacial score (nSPS) is 11.3. The molecule has 0 bridgehead atoms. The molecule has 0 spiro atoms. The van der Waals surface area contributed by atoms with E-state index < -0.39 is 30.4 Å². The molecular formula is C14H9F4NO3. The Bertz CT molecular complexity index is 683. The number of ether oxygens (including phenoxy) is 1. The van der Waals surface area contributed by atoms with Gasteiger partial charge >= 0.3 is 12.3 Å². The molecule has 0 aliphatic heterocycles. The van der Waals surface area contributed by atoms with Gasteiger partial charge in [0.1, 0.15) is 5.75 Å². The van der Waals surface area contributed by atoms with Crippen molar-refractivity contribution in [3.63, 3.8) is 0 Å². The van der Waals surface area contributed by atoms with Gasteiger partial charge in [0, 0.05) is 11.1 Å². The van der Waals surface area contributed by atoms with Crippen LogP contribution in [0.2, 0.25) is 0 Å². The number of nitrogens with zero attached hydrogens (tertiary/aromatic N) is 1. The molecule has 1 aromatic carbocycles. The van der Waals surface area contributed by atoms with Gasteiger partial charge in [0.05, 0.1) is 12.1 Å². The fourth-order valence-electron chi connectivity index (χ4n) is 1.75. The van der Waals surface area contributed by atoms with Gasteiger partial charge in [-0.25, -0.2) is 4.98 Å². The number of benzene rings is 1. The van der Waals surface area contributed by atoms with Gasteiger partial charge in [-0.1, -0.05) is 6.07 Å². The molecule has 0 atom stereocenters. The second-order valence-electron chi connectivity index (χ2n) is 4.29. The van der Waals surface area contributed by atoms with Gasteiger partial charge in [-0.05, 0) is 30.3 Å². The van der Waals surface area contributed by atoms with Gasteiger partial charge in [0.25, 0.3) is 0 Å². The van der Waals surface area contributed by atoms with Crippen molar-refractivity contribution in [2.45, 2.75) is 12.8 Å². The van der Waals surface area contributed by atoms with Crippen molar-refractivity contribution in [2.75, 3.05) is 0 Å². The molecule has 0 aliphatic rings. The Morgan fingerprint density at radius 2 is 1.77 bits per heavy atom. The summed E-state index contributed by atoms with van der Waals surface area (Å²) in [6.07, 6.45) is -5.29. The highest BCUT2D eigenvalue weighted by molar-refractivity contribution is 5.70. The minimum absolute atomic E-state index is 0.0757. The monoisotopic (exact) mass is 315 g/mol. The first-order valence-electron chi connectivity index (χ1n) is 5.98. The summed E-state index contributed by atoms with van der Waals surface area (Å²) in [5, 5.41) is 8.60. The molecule has 1 N–H and O–H groups in total. The number of carbonyl (C=O) groups is 1. The van der Waals surface area contributed by atoms with Gasteiger partial charge in [-0.3, -0.25) is 4.79 Å². The third kappa shape index (κ3) is 4.18. The number of rotatable bonds is 4. The van der Waals surface area contributed by atoms with Crippen molar-refractivity contribution in [3.8, 4) is 17.0 Å². The highest BCUT2D eigenvalue weighted by Crippen LogP contribution is 2.26. The number of halogens is 4. The molecule has 1 aromatic heterocycles. The minimum atomic E-state index is -4.79. The molecule has 1 heterocycles. The Kier molecular flexibility index (Phi) is 4.30. The first kappa shape index (κ1) is 15.7. The lowest BCUT2D eigenvalue weighted by atomic mass is 10.1. The maximum absolute atomic E-state index is 13.6. The van der Waals surface area contributed by atoms with Crippen LogP contribution in [0.15, 0.2) is 36.4 Å². The standard InChI is InChI=1S/C14H9F4NO3/c15-13-9(7-12(20)21)3-6-11(19-13)8-1-4-10(5-2-8)22-14(16,17)18/h1-6H,7H2,(H,20,21). The summed E-state index contributed by atoms with van der Waals surface area (Å²) >= 11 is 0. The van der Waals surface area contributed by atoms with E-state index in [-0.39, 0.29) is 11.3 Å². The average Bonchev–Trinajstić information content (AvgIpc) is 2.40. The van der Waals surface area contributed by atoms with E-state index in [9.17, 15) is 22.4 Å². The summed E-state index contributed by atoms with van der Waals surface area (Å²) in [4.78, 5) is 14.1. The van der Waals surface area contributed by atoms with Crippen molar-refractivity contribution >= 4 is 5.97 Å². The van der Waals surface area contributed by atoms with Crippen LogP contribution >= 0.6 is 0 Å². The predicted octanol–water partition coefficient (Wildman–Crippen LogP) is 3.41. The van der Waals surface area contributed by atoms with Crippen LogP contribution in [-0.4, -0.2) is 22.4 Å². The van der Waals surface area contributed by atoms with E-state index in [1.165, 1.54) is 24.3 Å². The lowest BCUT2D eigenvalue weighted by molar-refractivity contribution is -0.274. The van der Waals surface area contributed by atoms with Crippen molar-refractivity contribution in [1.82, 2.24) is 4.98 Å². The highest BCUT2D eigenvalue weighted by atomic mass is 19.4. The van der Waals surface area contributed by atoms with E-state index in [1.807, 2.05) is 0 Å². The molecule has 0 saturated heterocycles. The minimum Gasteiger partial charge on any atom is -0.481 e. The summed E-state index contributed by atoms with van der Waals surface area (Å²) in [6.45, 7) is 0. The largest absolute Gasteiger partial charge is 0.573 e. The highest BCUT2D eigenvalue weighted by Gasteiger charge is 2.30. The number of carboxylic acids is 1. The van der Waals surface area contributed by atoms with E-state index in [4.69, 9.17) is 5.11 Å². The van der Waals surface area contributed by atoms with Crippen LogP contribution in [0.25, 0.3) is 11.3 Å². The number of pyridine rings is 1. The smallest absolute Gasteiger partial charge is 0.481 e. The molecule has 2 aromatic rings. The fraction of sp³-hybridized carbons (Fsp3) is 0.143. The molecule has 2 rings (SSSR count). The number of hydrogen-bond donors (Lipinski definition) is 1. The van der Waals surface area contributed by atoms with Crippen LogP contribution in [0.4, 0.5) is 17.6 Å². The first-order valence-corrected chi connectivity index (χ1v) is 5.98. The molecule has 0 aliphatic carbocycles.